The summed E-state index contributed by atoms with van der Waals surface area (Å²) in [6.07, 6.45) is 11.6. The first-order valence-corrected chi connectivity index (χ1v) is 6.31. The minimum Gasteiger partial charge on any atom is -0.291 e. The van der Waals surface area contributed by atoms with E-state index in [-0.39, 0.29) is 0 Å². The van der Waals surface area contributed by atoms with Crippen molar-refractivity contribution in [3.63, 3.8) is 0 Å². The normalized spacial score (nSPS) is 11.1. The molecule has 1 aromatic rings. The third kappa shape index (κ3) is 6.33. The Morgan fingerprint density at radius 3 is 2.81 bits per heavy atom. The number of nitrogens with zero attached hydrogens (tertiary/aromatic N) is 2. The van der Waals surface area contributed by atoms with Crippen molar-refractivity contribution in [3.05, 3.63) is 30.1 Å². The van der Waals surface area contributed by atoms with Gasteiger partial charge < -0.3 is 0 Å². The summed E-state index contributed by atoms with van der Waals surface area (Å²) in [6.45, 7) is 2.96. The van der Waals surface area contributed by atoms with E-state index < -0.39 is 0 Å². The molecule has 1 rings (SSSR count). The van der Waals surface area contributed by atoms with Crippen molar-refractivity contribution >= 4 is 6.21 Å². The highest BCUT2D eigenvalue weighted by molar-refractivity contribution is 5.56. The van der Waals surface area contributed by atoms with Gasteiger partial charge in [0.05, 0.1) is 12.2 Å². The topological polar surface area (TPSA) is 25.2 Å². The Labute approximate surface area is 98.8 Å². The van der Waals surface area contributed by atoms with Gasteiger partial charge in [-0.25, -0.2) is 0 Å². The first-order chi connectivity index (χ1) is 7.93. The number of pyridine rings is 1. The van der Waals surface area contributed by atoms with Crippen LogP contribution in [-0.2, 0) is 6.54 Å². The molecule has 0 saturated carbocycles. The summed E-state index contributed by atoms with van der Waals surface area (Å²) in [5, 5.41) is 0. The number of aliphatic imine (C=N–C) groups is 1. The predicted molar refractivity (Wildman–Crippen MR) is 69.8 cm³/mol. The van der Waals surface area contributed by atoms with E-state index in [1.807, 2.05) is 30.6 Å². The molecular formula is C14H22N2. The zero-order valence-electron chi connectivity index (χ0n) is 10.2. The van der Waals surface area contributed by atoms with Gasteiger partial charge in [-0.2, -0.15) is 0 Å². The summed E-state index contributed by atoms with van der Waals surface area (Å²) in [5.41, 5.74) is 1.05. The van der Waals surface area contributed by atoms with Crippen molar-refractivity contribution in [1.82, 2.24) is 4.98 Å². The molecule has 0 bridgehead atoms. The maximum Gasteiger partial charge on any atom is 0.0807 e. The lowest BCUT2D eigenvalue weighted by atomic mass is 10.1. The average molecular weight is 218 g/mol. The molecule has 1 aromatic heterocycles. The number of rotatable bonds is 8. The molecule has 0 saturated heterocycles. The van der Waals surface area contributed by atoms with Crippen LogP contribution in [0.2, 0.25) is 0 Å². The monoisotopic (exact) mass is 218 g/mol. The zero-order valence-corrected chi connectivity index (χ0v) is 10.2. The summed E-state index contributed by atoms with van der Waals surface area (Å²) in [4.78, 5) is 8.60. The molecule has 1 heterocycles. The van der Waals surface area contributed by atoms with E-state index in [1.54, 1.807) is 0 Å². The second kappa shape index (κ2) is 9.08. The molecule has 0 N–H and O–H groups in total. The van der Waals surface area contributed by atoms with Crippen LogP contribution < -0.4 is 0 Å². The molecule has 2 nitrogen and oxygen atoms in total. The fourth-order valence-electron chi connectivity index (χ4n) is 1.58. The van der Waals surface area contributed by atoms with Crippen molar-refractivity contribution in [3.8, 4) is 0 Å². The van der Waals surface area contributed by atoms with Gasteiger partial charge in [0, 0.05) is 6.20 Å². The highest BCUT2D eigenvalue weighted by Gasteiger charge is 1.89. The van der Waals surface area contributed by atoms with E-state index in [0.29, 0.717) is 0 Å². The van der Waals surface area contributed by atoms with Crippen molar-refractivity contribution in [2.75, 3.05) is 0 Å². The Bertz CT molecular complexity index is 280. The molecule has 0 radical (unpaired) electrons. The van der Waals surface area contributed by atoms with Gasteiger partial charge in [-0.3, -0.25) is 9.98 Å². The van der Waals surface area contributed by atoms with E-state index in [0.717, 1.165) is 18.7 Å². The van der Waals surface area contributed by atoms with E-state index in [1.165, 1.54) is 32.1 Å². The third-order valence-corrected chi connectivity index (χ3v) is 2.55. The summed E-state index contributed by atoms with van der Waals surface area (Å²) in [6, 6.07) is 5.95. The van der Waals surface area contributed by atoms with Crippen LogP contribution in [0, 0.1) is 0 Å². The molecule has 0 aromatic carbocycles. The van der Waals surface area contributed by atoms with E-state index >= 15 is 0 Å². The van der Waals surface area contributed by atoms with Gasteiger partial charge in [-0.1, -0.05) is 38.7 Å². The standard InChI is InChI=1S/C14H22N2/c1-2-3-4-5-6-8-11-15-13-14-10-7-9-12-16-14/h7,9-12H,2-6,8,13H2,1H3. The summed E-state index contributed by atoms with van der Waals surface area (Å²) in [7, 11) is 0. The number of unbranched alkanes of at least 4 members (excludes halogenated alkanes) is 5. The minimum absolute atomic E-state index is 0.718. The number of hydrogen-bond acceptors (Lipinski definition) is 2. The van der Waals surface area contributed by atoms with E-state index in [9.17, 15) is 0 Å². The largest absolute Gasteiger partial charge is 0.291 e. The van der Waals surface area contributed by atoms with Crippen LogP contribution in [0.15, 0.2) is 29.4 Å². The summed E-state index contributed by atoms with van der Waals surface area (Å²) < 4.78 is 0. The summed E-state index contributed by atoms with van der Waals surface area (Å²) >= 11 is 0. The first-order valence-electron chi connectivity index (χ1n) is 6.31. The molecule has 88 valence electrons. The number of aromatic nitrogens is 1. The summed E-state index contributed by atoms with van der Waals surface area (Å²) in [5.74, 6) is 0. The van der Waals surface area contributed by atoms with Crippen LogP contribution in [0.3, 0.4) is 0 Å². The average Bonchev–Trinajstić information content (AvgIpc) is 2.34. The van der Waals surface area contributed by atoms with Crippen molar-refractivity contribution in [2.24, 2.45) is 4.99 Å². The third-order valence-electron chi connectivity index (χ3n) is 2.55. The molecule has 0 aliphatic rings. The van der Waals surface area contributed by atoms with Crippen molar-refractivity contribution in [1.29, 1.82) is 0 Å². The van der Waals surface area contributed by atoms with Crippen LogP contribution in [0.25, 0.3) is 0 Å². The van der Waals surface area contributed by atoms with Gasteiger partial charge in [0.2, 0.25) is 0 Å². The maximum atomic E-state index is 4.37. The number of hydrogen-bond donors (Lipinski definition) is 0. The highest BCUT2D eigenvalue weighted by atomic mass is 14.8. The lowest BCUT2D eigenvalue weighted by Crippen LogP contribution is -1.86. The van der Waals surface area contributed by atoms with E-state index in [4.69, 9.17) is 0 Å². The fraction of sp³-hybridized carbons (Fsp3) is 0.571. The molecule has 0 aliphatic carbocycles. The Hall–Kier alpha value is -1.18. The molecular weight excluding hydrogens is 196 g/mol. The Kier molecular flexibility index (Phi) is 7.31. The van der Waals surface area contributed by atoms with Crippen molar-refractivity contribution < 1.29 is 0 Å². The lowest BCUT2D eigenvalue weighted by Gasteiger charge is -1.96. The molecule has 0 aliphatic heterocycles. The smallest absolute Gasteiger partial charge is 0.0807 e. The Balaban J connectivity index is 2.01. The molecule has 16 heavy (non-hydrogen) atoms. The Morgan fingerprint density at radius 1 is 1.19 bits per heavy atom. The van der Waals surface area contributed by atoms with Crippen LogP contribution in [0.1, 0.15) is 51.1 Å². The SMILES string of the molecule is CCCCCCCC=NCc1ccccn1. The van der Waals surface area contributed by atoms with Crippen LogP contribution in [0.5, 0.6) is 0 Å². The highest BCUT2D eigenvalue weighted by Crippen LogP contribution is 2.04. The zero-order chi connectivity index (χ0) is 11.5. The quantitative estimate of drug-likeness (QED) is 0.478. The molecule has 0 amide bonds. The van der Waals surface area contributed by atoms with Crippen molar-refractivity contribution in [2.45, 2.75) is 52.0 Å². The minimum atomic E-state index is 0.718. The van der Waals surface area contributed by atoms with Crippen LogP contribution in [0.4, 0.5) is 0 Å². The van der Waals surface area contributed by atoms with Gasteiger partial charge in [0.25, 0.3) is 0 Å². The molecule has 0 spiro atoms. The van der Waals surface area contributed by atoms with Gasteiger partial charge in [0.1, 0.15) is 0 Å². The lowest BCUT2D eigenvalue weighted by molar-refractivity contribution is 0.644. The van der Waals surface area contributed by atoms with Gasteiger partial charge >= 0.3 is 0 Å². The molecule has 2 heteroatoms. The van der Waals surface area contributed by atoms with Gasteiger partial charge in [-0.05, 0) is 31.2 Å². The molecule has 0 fully saturated rings. The predicted octanol–water partition coefficient (Wildman–Crippen LogP) is 4.01. The molecule has 0 atom stereocenters. The van der Waals surface area contributed by atoms with E-state index in [2.05, 4.69) is 16.9 Å². The fourth-order valence-corrected chi connectivity index (χ4v) is 1.58. The second-order valence-corrected chi connectivity index (χ2v) is 4.05. The Morgan fingerprint density at radius 2 is 2.06 bits per heavy atom. The van der Waals surface area contributed by atoms with Gasteiger partial charge in [-0.15, -0.1) is 0 Å². The second-order valence-electron chi connectivity index (χ2n) is 4.05. The first kappa shape index (κ1) is 12.9. The van der Waals surface area contributed by atoms with Gasteiger partial charge in [0.15, 0.2) is 0 Å². The maximum absolute atomic E-state index is 4.37. The van der Waals surface area contributed by atoms with Crippen LogP contribution >= 0.6 is 0 Å². The van der Waals surface area contributed by atoms with Crippen LogP contribution in [-0.4, -0.2) is 11.2 Å². The molecule has 0 unspecified atom stereocenters.